The molecule has 18 heavy (non-hydrogen) atoms. The van der Waals surface area contributed by atoms with Gasteiger partial charge in [-0.15, -0.1) is 0 Å². The average molecular weight is 256 g/mol. The van der Waals surface area contributed by atoms with Crippen LogP contribution in [-0.4, -0.2) is 43.9 Å². The summed E-state index contributed by atoms with van der Waals surface area (Å²) >= 11 is 0. The van der Waals surface area contributed by atoms with Gasteiger partial charge in [0.25, 0.3) is 0 Å². The van der Waals surface area contributed by atoms with E-state index in [0.717, 1.165) is 13.2 Å². The summed E-state index contributed by atoms with van der Waals surface area (Å²) < 4.78 is 6.92. The van der Waals surface area contributed by atoms with Crippen molar-refractivity contribution >= 4 is 0 Å². The number of hydrogen-bond donors (Lipinski definition) is 0. The van der Waals surface area contributed by atoms with E-state index in [4.69, 9.17) is 4.74 Å². The molecule has 1 saturated heterocycles. The van der Waals surface area contributed by atoms with Gasteiger partial charge in [0, 0.05) is 0 Å². The molecule has 108 valence electrons. The molecule has 2 heteroatoms. The Bertz CT molecular complexity index is 174. The van der Waals surface area contributed by atoms with Gasteiger partial charge in [-0.25, -0.2) is 0 Å². The van der Waals surface area contributed by atoms with Gasteiger partial charge in [-0.2, -0.15) is 0 Å². The van der Waals surface area contributed by atoms with E-state index in [9.17, 15) is 0 Å². The molecule has 0 unspecified atom stereocenters. The largest absolute Gasteiger partial charge is 0.370 e. The van der Waals surface area contributed by atoms with Crippen LogP contribution in [-0.2, 0) is 4.74 Å². The van der Waals surface area contributed by atoms with Crippen LogP contribution in [0, 0.1) is 0 Å². The summed E-state index contributed by atoms with van der Waals surface area (Å²) in [6.45, 7) is 11.9. The first-order valence-electron chi connectivity index (χ1n) is 8.26. The Morgan fingerprint density at radius 2 is 1.22 bits per heavy atom. The van der Waals surface area contributed by atoms with E-state index in [0.29, 0.717) is 0 Å². The van der Waals surface area contributed by atoms with Crippen LogP contribution in [0.3, 0.4) is 0 Å². The quantitative estimate of drug-likeness (QED) is 0.424. The topological polar surface area (TPSA) is 9.23 Å². The molecule has 0 aromatic heterocycles. The zero-order valence-electron chi connectivity index (χ0n) is 12.8. The molecule has 1 fully saturated rings. The second-order valence-electron chi connectivity index (χ2n) is 5.97. The van der Waals surface area contributed by atoms with Crippen LogP contribution in [0.2, 0.25) is 0 Å². The fourth-order valence-electron chi connectivity index (χ4n) is 3.04. The van der Waals surface area contributed by atoms with Gasteiger partial charge in [-0.3, -0.25) is 0 Å². The van der Waals surface area contributed by atoms with Gasteiger partial charge in [-0.1, -0.05) is 39.5 Å². The Morgan fingerprint density at radius 3 is 1.67 bits per heavy atom. The molecule has 0 N–H and O–H groups in total. The van der Waals surface area contributed by atoms with E-state index in [1.165, 1.54) is 82.0 Å². The highest BCUT2D eigenvalue weighted by molar-refractivity contribution is 4.53. The van der Waals surface area contributed by atoms with Crippen molar-refractivity contribution in [1.29, 1.82) is 0 Å². The maximum absolute atomic E-state index is 5.56. The van der Waals surface area contributed by atoms with E-state index < -0.39 is 0 Å². The van der Waals surface area contributed by atoms with E-state index in [2.05, 4.69) is 13.8 Å². The zero-order chi connectivity index (χ0) is 13.1. The third-order valence-corrected chi connectivity index (χ3v) is 4.39. The lowest BCUT2D eigenvalue weighted by atomic mass is 10.1. The molecule has 1 heterocycles. The second-order valence-corrected chi connectivity index (χ2v) is 5.97. The monoisotopic (exact) mass is 256 g/mol. The maximum Gasteiger partial charge on any atom is 0.102 e. The van der Waals surface area contributed by atoms with Crippen molar-refractivity contribution in [3.05, 3.63) is 0 Å². The van der Waals surface area contributed by atoms with Gasteiger partial charge in [0.15, 0.2) is 0 Å². The molecule has 0 amide bonds. The predicted octanol–water partition coefficient (Wildman–Crippen LogP) is 3.99. The fraction of sp³-hybridized carbons (Fsp3) is 1.00. The molecule has 2 nitrogen and oxygen atoms in total. The number of rotatable bonds is 10. The third kappa shape index (κ3) is 6.19. The molecule has 0 aliphatic carbocycles. The van der Waals surface area contributed by atoms with Crippen LogP contribution in [0.25, 0.3) is 0 Å². The lowest BCUT2D eigenvalue weighted by Gasteiger charge is -2.41. The molecular formula is C16H34NO+. The number of ether oxygens (including phenoxy) is 1. The normalized spacial score (nSPS) is 19.0. The van der Waals surface area contributed by atoms with Crippen LogP contribution in [0.15, 0.2) is 0 Å². The third-order valence-electron chi connectivity index (χ3n) is 4.39. The van der Waals surface area contributed by atoms with Crippen LogP contribution in [0.4, 0.5) is 0 Å². The predicted molar refractivity (Wildman–Crippen MR) is 78.8 cm³/mol. The first-order valence-corrected chi connectivity index (χ1v) is 8.26. The van der Waals surface area contributed by atoms with Crippen LogP contribution in [0.5, 0.6) is 0 Å². The summed E-state index contributed by atoms with van der Waals surface area (Å²) in [5.41, 5.74) is 0. The van der Waals surface area contributed by atoms with Crippen LogP contribution >= 0.6 is 0 Å². The molecule has 1 aliphatic heterocycles. The Kier molecular flexibility index (Phi) is 8.70. The number of nitrogens with zero attached hydrogens (tertiary/aromatic N) is 1. The van der Waals surface area contributed by atoms with Gasteiger partial charge in [0.2, 0.25) is 0 Å². The summed E-state index contributed by atoms with van der Waals surface area (Å²) in [4.78, 5) is 0. The van der Waals surface area contributed by atoms with E-state index in [1.54, 1.807) is 0 Å². The minimum absolute atomic E-state index is 0.988. The molecule has 0 radical (unpaired) electrons. The Labute approximate surface area is 114 Å². The maximum atomic E-state index is 5.56. The molecule has 0 aromatic rings. The van der Waals surface area contributed by atoms with Gasteiger partial charge in [0.1, 0.15) is 13.1 Å². The first kappa shape index (κ1) is 16.0. The number of unbranched alkanes of at least 4 members (excludes halogenated alkanes) is 6. The minimum Gasteiger partial charge on any atom is -0.370 e. The Hall–Kier alpha value is -0.0800. The fourth-order valence-corrected chi connectivity index (χ4v) is 3.04. The molecular weight excluding hydrogens is 222 g/mol. The Balaban J connectivity index is 2.27. The highest BCUT2D eigenvalue weighted by Gasteiger charge is 2.28. The highest BCUT2D eigenvalue weighted by atomic mass is 16.5. The SMILES string of the molecule is CCCCCC[N+]1(CCCCCC)CCOCC1. The van der Waals surface area contributed by atoms with Crippen molar-refractivity contribution < 1.29 is 9.22 Å². The number of morpholine rings is 1. The number of hydrogen-bond acceptors (Lipinski definition) is 1. The van der Waals surface area contributed by atoms with Crippen LogP contribution < -0.4 is 0 Å². The molecule has 0 atom stereocenters. The van der Waals surface area contributed by atoms with Gasteiger partial charge < -0.3 is 9.22 Å². The van der Waals surface area contributed by atoms with Crippen LogP contribution in [0.1, 0.15) is 65.2 Å². The van der Waals surface area contributed by atoms with Gasteiger partial charge in [-0.05, 0) is 25.7 Å². The van der Waals surface area contributed by atoms with Crippen molar-refractivity contribution in [3.8, 4) is 0 Å². The summed E-state index contributed by atoms with van der Waals surface area (Å²) in [5.74, 6) is 0. The Morgan fingerprint density at radius 1 is 0.722 bits per heavy atom. The summed E-state index contributed by atoms with van der Waals surface area (Å²) in [6, 6.07) is 0. The highest BCUT2D eigenvalue weighted by Crippen LogP contribution is 2.17. The van der Waals surface area contributed by atoms with Crippen molar-refractivity contribution in [2.24, 2.45) is 0 Å². The minimum atomic E-state index is 0.988. The second kappa shape index (κ2) is 9.80. The molecule has 1 aliphatic rings. The molecule has 0 bridgehead atoms. The lowest BCUT2D eigenvalue weighted by Crippen LogP contribution is -2.56. The zero-order valence-corrected chi connectivity index (χ0v) is 12.8. The van der Waals surface area contributed by atoms with Crippen molar-refractivity contribution in [1.82, 2.24) is 0 Å². The smallest absolute Gasteiger partial charge is 0.102 e. The lowest BCUT2D eigenvalue weighted by molar-refractivity contribution is -0.935. The number of quaternary nitrogens is 1. The van der Waals surface area contributed by atoms with Gasteiger partial charge >= 0.3 is 0 Å². The molecule has 1 rings (SSSR count). The van der Waals surface area contributed by atoms with Crippen molar-refractivity contribution in [2.45, 2.75) is 65.2 Å². The standard InChI is InChI=1S/C16H34NO/c1-3-5-7-9-11-17(12-10-8-6-4-2)13-15-18-16-14-17/h3-16H2,1-2H3/q+1. The summed E-state index contributed by atoms with van der Waals surface area (Å²) in [7, 11) is 0. The average Bonchev–Trinajstić information content (AvgIpc) is 2.41. The van der Waals surface area contributed by atoms with E-state index in [-0.39, 0.29) is 0 Å². The summed E-state index contributed by atoms with van der Waals surface area (Å²) in [5, 5.41) is 0. The van der Waals surface area contributed by atoms with Crippen molar-refractivity contribution in [2.75, 3.05) is 39.4 Å². The van der Waals surface area contributed by atoms with E-state index in [1.807, 2.05) is 0 Å². The van der Waals surface area contributed by atoms with Gasteiger partial charge in [0.05, 0.1) is 26.3 Å². The van der Waals surface area contributed by atoms with Crippen molar-refractivity contribution in [3.63, 3.8) is 0 Å². The first-order chi connectivity index (χ1) is 8.83. The molecule has 0 saturated carbocycles. The van der Waals surface area contributed by atoms with E-state index >= 15 is 0 Å². The molecule has 0 spiro atoms. The molecule has 0 aromatic carbocycles. The summed E-state index contributed by atoms with van der Waals surface area (Å²) in [6.07, 6.45) is 11.2.